The number of sulfonamides is 1. The quantitative estimate of drug-likeness (QED) is 0.929. The SMILES string of the molecule is CCNc1ccccc1S(=O)(=O)N1CCCC(C)C1C. The molecule has 0 radical (unpaired) electrons. The Kier molecular flexibility index (Phi) is 4.70. The Hall–Kier alpha value is -1.07. The molecule has 1 aliphatic heterocycles. The highest BCUT2D eigenvalue weighted by Crippen LogP contribution is 2.31. The van der Waals surface area contributed by atoms with Gasteiger partial charge in [-0.25, -0.2) is 8.42 Å². The maximum absolute atomic E-state index is 12.9. The molecule has 2 unspecified atom stereocenters. The van der Waals surface area contributed by atoms with Crippen molar-refractivity contribution in [2.45, 2.75) is 44.6 Å². The molecule has 4 nitrogen and oxygen atoms in total. The first-order valence-corrected chi connectivity index (χ1v) is 8.77. The number of piperidine rings is 1. The second-order valence-corrected chi connectivity index (χ2v) is 7.36. The Morgan fingerprint density at radius 1 is 1.30 bits per heavy atom. The molecule has 1 aromatic carbocycles. The summed E-state index contributed by atoms with van der Waals surface area (Å²) in [6.45, 7) is 7.43. The van der Waals surface area contributed by atoms with Crippen LogP contribution in [0.2, 0.25) is 0 Å². The van der Waals surface area contributed by atoms with Crippen molar-refractivity contribution in [3.63, 3.8) is 0 Å². The smallest absolute Gasteiger partial charge is 0.245 e. The van der Waals surface area contributed by atoms with Crippen LogP contribution in [0.5, 0.6) is 0 Å². The summed E-state index contributed by atoms with van der Waals surface area (Å²) in [6.07, 6.45) is 2.04. The summed E-state index contributed by atoms with van der Waals surface area (Å²) in [5.41, 5.74) is 0.695. The van der Waals surface area contributed by atoms with Crippen molar-refractivity contribution in [2.75, 3.05) is 18.4 Å². The van der Waals surface area contributed by atoms with Crippen molar-refractivity contribution in [3.8, 4) is 0 Å². The van der Waals surface area contributed by atoms with E-state index in [1.165, 1.54) is 0 Å². The topological polar surface area (TPSA) is 49.4 Å². The summed E-state index contributed by atoms with van der Waals surface area (Å²) < 4.78 is 27.5. The van der Waals surface area contributed by atoms with Crippen LogP contribution in [0, 0.1) is 5.92 Å². The van der Waals surface area contributed by atoms with Crippen molar-refractivity contribution < 1.29 is 8.42 Å². The predicted molar refractivity (Wildman–Crippen MR) is 82.4 cm³/mol. The third-order valence-electron chi connectivity index (χ3n) is 4.16. The number of hydrogen-bond acceptors (Lipinski definition) is 3. The summed E-state index contributed by atoms with van der Waals surface area (Å²) in [5, 5.41) is 3.14. The lowest BCUT2D eigenvalue weighted by Gasteiger charge is -2.37. The molecule has 1 fully saturated rings. The standard InChI is InChI=1S/C15H24N2O2S/c1-4-16-14-9-5-6-10-15(14)20(18,19)17-11-7-8-12(2)13(17)3/h5-6,9-10,12-13,16H,4,7-8,11H2,1-3H3. The highest BCUT2D eigenvalue weighted by atomic mass is 32.2. The van der Waals surface area contributed by atoms with Gasteiger partial charge in [-0.1, -0.05) is 19.1 Å². The van der Waals surface area contributed by atoms with Crippen LogP contribution in [-0.2, 0) is 10.0 Å². The molecule has 0 spiro atoms. The summed E-state index contributed by atoms with van der Waals surface area (Å²) in [6, 6.07) is 7.22. The molecule has 112 valence electrons. The predicted octanol–water partition coefficient (Wildman–Crippen LogP) is 2.93. The van der Waals surface area contributed by atoms with Crippen LogP contribution in [0.3, 0.4) is 0 Å². The van der Waals surface area contributed by atoms with Gasteiger partial charge in [-0.3, -0.25) is 0 Å². The lowest BCUT2D eigenvalue weighted by molar-refractivity contribution is 0.202. The van der Waals surface area contributed by atoms with Crippen LogP contribution in [0.4, 0.5) is 5.69 Å². The van der Waals surface area contributed by atoms with Gasteiger partial charge in [0.25, 0.3) is 0 Å². The number of benzene rings is 1. The molecule has 0 amide bonds. The largest absolute Gasteiger partial charge is 0.384 e. The van der Waals surface area contributed by atoms with E-state index >= 15 is 0 Å². The fraction of sp³-hybridized carbons (Fsp3) is 0.600. The van der Waals surface area contributed by atoms with Gasteiger partial charge in [0.15, 0.2) is 0 Å². The first-order chi connectivity index (χ1) is 9.48. The summed E-state index contributed by atoms with van der Waals surface area (Å²) in [4.78, 5) is 0.391. The van der Waals surface area contributed by atoms with Crippen molar-refractivity contribution in [1.29, 1.82) is 0 Å². The number of anilines is 1. The molecule has 1 saturated heterocycles. The molecule has 1 heterocycles. The van der Waals surface area contributed by atoms with Gasteiger partial charge in [-0.15, -0.1) is 0 Å². The van der Waals surface area contributed by atoms with E-state index in [1.54, 1.807) is 16.4 Å². The lowest BCUT2D eigenvalue weighted by atomic mass is 9.94. The van der Waals surface area contributed by atoms with Gasteiger partial charge >= 0.3 is 0 Å². The fourth-order valence-corrected chi connectivity index (χ4v) is 4.73. The molecule has 1 aromatic rings. The number of nitrogens with one attached hydrogen (secondary N) is 1. The van der Waals surface area contributed by atoms with Gasteiger partial charge in [-0.2, -0.15) is 4.31 Å². The Balaban J connectivity index is 2.39. The van der Waals surface area contributed by atoms with Gasteiger partial charge in [0, 0.05) is 19.1 Å². The van der Waals surface area contributed by atoms with Crippen LogP contribution >= 0.6 is 0 Å². The van der Waals surface area contributed by atoms with Crippen LogP contribution in [0.15, 0.2) is 29.2 Å². The Labute approximate surface area is 122 Å². The van der Waals surface area contributed by atoms with Gasteiger partial charge in [0.05, 0.1) is 5.69 Å². The molecule has 2 rings (SSSR count). The maximum Gasteiger partial charge on any atom is 0.245 e. The van der Waals surface area contributed by atoms with E-state index in [0.29, 0.717) is 29.6 Å². The fourth-order valence-electron chi connectivity index (χ4n) is 2.79. The van der Waals surface area contributed by atoms with Gasteiger partial charge in [0.2, 0.25) is 10.0 Å². The number of rotatable bonds is 4. The molecule has 5 heteroatoms. The molecule has 0 bridgehead atoms. The van der Waals surface area contributed by atoms with E-state index < -0.39 is 10.0 Å². The Morgan fingerprint density at radius 3 is 2.70 bits per heavy atom. The van der Waals surface area contributed by atoms with Crippen molar-refractivity contribution >= 4 is 15.7 Å². The highest BCUT2D eigenvalue weighted by Gasteiger charge is 2.35. The summed E-state index contributed by atoms with van der Waals surface area (Å²) >= 11 is 0. The zero-order chi connectivity index (χ0) is 14.8. The van der Waals surface area contributed by atoms with Crippen LogP contribution < -0.4 is 5.32 Å². The molecular formula is C15H24N2O2S. The molecule has 1 aliphatic rings. The molecule has 0 aromatic heterocycles. The summed E-state index contributed by atoms with van der Waals surface area (Å²) in [5.74, 6) is 0.407. The van der Waals surface area contributed by atoms with E-state index in [0.717, 1.165) is 12.8 Å². The van der Waals surface area contributed by atoms with E-state index in [-0.39, 0.29) is 6.04 Å². The molecule has 1 N–H and O–H groups in total. The third kappa shape index (κ3) is 2.83. The van der Waals surface area contributed by atoms with E-state index in [2.05, 4.69) is 12.2 Å². The second-order valence-electron chi connectivity index (χ2n) is 5.50. The minimum absolute atomic E-state index is 0.0587. The zero-order valence-electron chi connectivity index (χ0n) is 12.5. The normalized spacial score (nSPS) is 24.6. The minimum Gasteiger partial charge on any atom is -0.384 e. The van der Waals surface area contributed by atoms with E-state index in [1.807, 2.05) is 26.0 Å². The number of hydrogen-bond donors (Lipinski definition) is 1. The van der Waals surface area contributed by atoms with Crippen LogP contribution in [0.25, 0.3) is 0 Å². The van der Waals surface area contributed by atoms with Gasteiger partial charge in [0.1, 0.15) is 4.90 Å². The summed E-state index contributed by atoms with van der Waals surface area (Å²) in [7, 11) is -3.43. The van der Waals surface area contributed by atoms with Crippen molar-refractivity contribution in [1.82, 2.24) is 4.31 Å². The second kappa shape index (κ2) is 6.14. The zero-order valence-corrected chi connectivity index (χ0v) is 13.3. The third-order valence-corrected chi connectivity index (χ3v) is 6.20. The molecule has 20 heavy (non-hydrogen) atoms. The molecule has 0 saturated carbocycles. The lowest BCUT2D eigenvalue weighted by Crippen LogP contribution is -2.46. The molecule has 2 atom stereocenters. The van der Waals surface area contributed by atoms with E-state index in [4.69, 9.17) is 0 Å². The van der Waals surface area contributed by atoms with Crippen LogP contribution in [0.1, 0.15) is 33.6 Å². The number of nitrogens with zero attached hydrogens (tertiary/aromatic N) is 1. The average Bonchev–Trinajstić information content (AvgIpc) is 2.42. The van der Waals surface area contributed by atoms with Crippen molar-refractivity contribution in [3.05, 3.63) is 24.3 Å². The number of para-hydroxylation sites is 1. The first kappa shape index (κ1) is 15.3. The first-order valence-electron chi connectivity index (χ1n) is 7.33. The van der Waals surface area contributed by atoms with Gasteiger partial charge < -0.3 is 5.32 Å². The molecule has 0 aliphatic carbocycles. The average molecular weight is 296 g/mol. The Morgan fingerprint density at radius 2 is 2.00 bits per heavy atom. The van der Waals surface area contributed by atoms with Gasteiger partial charge in [-0.05, 0) is 44.7 Å². The van der Waals surface area contributed by atoms with Crippen molar-refractivity contribution in [2.24, 2.45) is 5.92 Å². The monoisotopic (exact) mass is 296 g/mol. The molecular weight excluding hydrogens is 272 g/mol. The minimum atomic E-state index is -3.43. The maximum atomic E-state index is 12.9. The highest BCUT2D eigenvalue weighted by molar-refractivity contribution is 7.89. The Bertz CT molecular complexity index is 557. The van der Waals surface area contributed by atoms with Crippen LogP contribution in [-0.4, -0.2) is 31.9 Å². The van der Waals surface area contributed by atoms with E-state index in [9.17, 15) is 8.42 Å².